The van der Waals surface area contributed by atoms with Gasteiger partial charge in [0.25, 0.3) is 0 Å². The Morgan fingerprint density at radius 1 is 0.971 bits per heavy atom. The lowest BCUT2D eigenvalue weighted by Gasteiger charge is -2.26. The molecule has 2 atom stereocenters. The van der Waals surface area contributed by atoms with Crippen molar-refractivity contribution in [2.24, 2.45) is 5.73 Å². The van der Waals surface area contributed by atoms with Crippen molar-refractivity contribution in [3.05, 3.63) is 71.9 Å². The summed E-state index contributed by atoms with van der Waals surface area (Å²) in [6.07, 6.45) is 2.30. The van der Waals surface area contributed by atoms with Crippen LogP contribution in [0.4, 0.5) is 0 Å². The number of aromatic amines is 1. The van der Waals surface area contributed by atoms with Crippen molar-refractivity contribution >= 4 is 28.7 Å². The van der Waals surface area contributed by atoms with Crippen molar-refractivity contribution in [2.45, 2.75) is 51.2 Å². The van der Waals surface area contributed by atoms with Gasteiger partial charge in [-0.25, -0.2) is 4.79 Å². The Bertz CT molecular complexity index is 1130. The summed E-state index contributed by atoms with van der Waals surface area (Å²) in [5, 5.41) is 6.50. The molecule has 0 saturated carbocycles. The predicted octanol–water partition coefficient (Wildman–Crippen LogP) is 2.22. The maximum absolute atomic E-state index is 13.4. The summed E-state index contributed by atoms with van der Waals surface area (Å²) in [7, 11) is 0. The van der Waals surface area contributed by atoms with Crippen LogP contribution >= 0.6 is 0 Å². The first-order valence-corrected chi connectivity index (χ1v) is 11.3. The molecule has 0 aliphatic carbocycles. The number of amides is 2. The summed E-state index contributed by atoms with van der Waals surface area (Å²) in [5.74, 6) is -1.49. The Morgan fingerprint density at radius 3 is 2.32 bits per heavy atom. The number of nitrogens with two attached hydrogens (primary N) is 1. The molecule has 5 N–H and O–H groups in total. The van der Waals surface area contributed by atoms with Gasteiger partial charge in [0, 0.05) is 29.9 Å². The third-order valence-electron chi connectivity index (χ3n) is 5.48. The van der Waals surface area contributed by atoms with Crippen LogP contribution in [0.1, 0.15) is 31.9 Å². The van der Waals surface area contributed by atoms with E-state index >= 15 is 0 Å². The number of aromatic nitrogens is 1. The molecule has 2 amide bonds. The van der Waals surface area contributed by atoms with Gasteiger partial charge in [0.1, 0.15) is 12.1 Å². The number of carbonyl (C=O) groups is 3. The molecule has 0 aliphatic rings. The lowest BCUT2D eigenvalue weighted by molar-refractivity contribution is -0.147. The van der Waals surface area contributed by atoms with Gasteiger partial charge in [-0.2, -0.15) is 0 Å². The second-order valence-electron chi connectivity index (χ2n) is 8.81. The van der Waals surface area contributed by atoms with Crippen LogP contribution in [-0.2, 0) is 32.0 Å². The summed E-state index contributed by atoms with van der Waals surface area (Å²) >= 11 is 0. The smallest absolute Gasteiger partial charge is 0.328 e. The molecule has 1 aromatic heterocycles. The molecule has 0 aliphatic heterocycles. The number of rotatable bonds is 10. The molecule has 34 heavy (non-hydrogen) atoms. The van der Waals surface area contributed by atoms with Crippen LogP contribution in [-0.4, -0.2) is 47.0 Å². The number of hydrogen-bond acceptors (Lipinski definition) is 5. The van der Waals surface area contributed by atoms with Crippen molar-refractivity contribution in [1.29, 1.82) is 0 Å². The van der Waals surface area contributed by atoms with E-state index in [0.717, 1.165) is 22.0 Å². The van der Waals surface area contributed by atoms with E-state index in [2.05, 4.69) is 15.6 Å². The number of hydrogen-bond donors (Lipinski definition) is 4. The van der Waals surface area contributed by atoms with Gasteiger partial charge < -0.3 is 26.1 Å². The zero-order valence-corrected chi connectivity index (χ0v) is 19.8. The SMILES string of the molecule is CCOC(=O)[C@@H](Cc1ccccc1)NC(=O)C(Cc1c[nH]c2ccccc12)NC(=O)C(C)(C)N. The van der Waals surface area contributed by atoms with Gasteiger partial charge in [-0.15, -0.1) is 0 Å². The minimum atomic E-state index is -1.18. The molecule has 3 rings (SSSR count). The molecule has 0 fully saturated rings. The highest BCUT2D eigenvalue weighted by atomic mass is 16.5. The number of esters is 1. The average Bonchev–Trinajstić information content (AvgIpc) is 3.21. The molecule has 0 saturated heterocycles. The first-order valence-electron chi connectivity index (χ1n) is 11.3. The fraction of sp³-hybridized carbons (Fsp3) is 0.346. The van der Waals surface area contributed by atoms with Crippen LogP contribution in [0, 0.1) is 0 Å². The van der Waals surface area contributed by atoms with Crippen molar-refractivity contribution in [3.63, 3.8) is 0 Å². The summed E-state index contributed by atoms with van der Waals surface area (Å²) < 4.78 is 5.19. The monoisotopic (exact) mass is 464 g/mol. The number of nitrogens with one attached hydrogen (secondary N) is 3. The van der Waals surface area contributed by atoms with Gasteiger partial charge in [0.15, 0.2) is 0 Å². The quantitative estimate of drug-likeness (QED) is 0.342. The first kappa shape index (κ1) is 25.0. The summed E-state index contributed by atoms with van der Waals surface area (Å²) in [6.45, 7) is 5.04. The molecule has 1 heterocycles. The molecule has 180 valence electrons. The van der Waals surface area contributed by atoms with E-state index in [1.165, 1.54) is 0 Å². The van der Waals surface area contributed by atoms with Crippen LogP contribution in [0.25, 0.3) is 10.9 Å². The molecule has 0 bridgehead atoms. The second kappa shape index (κ2) is 11.0. The van der Waals surface area contributed by atoms with E-state index in [1.54, 1.807) is 20.8 Å². The highest BCUT2D eigenvalue weighted by Crippen LogP contribution is 2.19. The van der Waals surface area contributed by atoms with E-state index in [4.69, 9.17) is 10.5 Å². The van der Waals surface area contributed by atoms with Gasteiger partial charge in [-0.05, 0) is 38.0 Å². The highest BCUT2D eigenvalue weighted by molar-refractivity contribution is 5.94. The van der Waals surface area contributed by atoms with Gasteiger partial charge in [0.05, 0.1) is 12.1 Å². The molecule has 0 radical (unpaired) electrons. The number of fused-ring (bicyclic) bond motifs is 1. The Labute approximate surface area is 199 Å². The van der Waals surface area contributed by atoms with Gasteiger partial charge in [-0.3, -0.25) is 9.59 Å². The minimum Gasteiger partial charge on any atom is -0.464 e. The molecule has 1 unspecified atom stereocenters. The normalized spacial score (nSPS) is 13.2. The van der Waals surface area contributed by atoms with Crippen molar-refractivity contribution < 1.29 is 19.1 Å². The number of para-hydroxylation sites is 1. The zero-order valence-electron chi connectivity index (χ0n) is 19.8. The van der Waals surface area contributed by atoms with Crippen LogP contribution in [0.2, 0.25) is 0 Å². The predicted molar refractivity (Wildman–Crippen MR) is 131 cm³/mol. The molecular weight excluding hydrogens is 432 g/mol. The lowest BCUT2D eigenvalue weighted by Crippen LogP contribution is -2.58. The van der Waals surface area contributed by atoms with E-state index in [-0.39, 0.29) is 19.4 Å². The molecule has 2 aromatic carbocycles. The molecule has 0 spiro atoms. The summed E-state index contributed by atoms with van der Waals surface area (Å²) in [4.78, 5) is 41.9. The fourth-order valence-electron chi connectivity index (χ4n) is 3.63. The molecule has 8 nitrogen and oxygen atoms in total. The second-order valence-corrected chi connectivity index (χ2v) is 8.81. The number of ether oxygens (including phenoxy) is 1. The topological polar surface area (TPSA) is 126 Å². The lowest BCUT2D eigenvalue weighted by atomic mass is 10.0. The zero-order chi connectivity index (χ0) is 24.7. The van der Waals surface area contributed by atoms with Gasteiger partial charge >= 0.3 is 5.97 Å². The fourth-order valence-corrected chi connectivity index (χ4v) is 3.63. The van der Waals surface area contributed by atoms with E-state index in [1.807, 2.05) is 60.8 Å². The van der Waals surface area contributed by atoms with Crippen LogP contribution < -0.4 is 16.4 Å². The summed E-state index contributed by atoms with van der Waals surface area (Å²) in [5.41, 5.74) is 7.45. The standard InChI is InChI=1S/C26H32N4O4/c1-4-34-24(32)22(14-17-10-6-5-7-11-17)29-23(31)21(30-25(33)26(2,3)27)15-18-16-28-20-13-9-8-12-19(18)20/h5-13,16,21-22,28H,4,14-15,27H2,1-3H3,(H,29,31)(H,30,33)/t21?,22-/m1/s1. The molecule has 8 heteroatoms. The van der Waals surface area contributed by atoms with Crippen molar-refractivity contribution in [2.75, 3.05) is 6.61 Å². The van der Waals surface area contributed by atoms with Crippen LogP contribution in [0.15, 0.2) is 60.8 Å². The summed E-state index contributed by atoms with van der Waals surface area (Å²) in [6, 6.07) is 15.2. The Morgan fingerprint density at radius 2 is 1.65 bits per heavy atom. The number of carbonyl (C=O) groups excluding carboxylic acids is 3. The average molecular weight is 465 g/mol. The molecule has 3 aromatic rings. The van der Waals surface area contributed by atoms with Crippen molar-refractivity contribution in [3.8, 4) is 0 Å². The molecular formula is C26H32N4O4. The third-order valence-corrected chi connectivity index (χ3v) is 5.48. The van der Waals surface area contributed by atoms with Gasteiger partial charge in [0.2, 0.25) is 11.8 Å². The maximum atomic E-state index is 13.4. The van der Waals surface area contributed by atoms with E-state index in [0.29, 0.717) is 0 Å². The largest absolute Gasteiger partial charge is 0.464 e. The van der Waals surface area contributed by atoms with E-state index < -0.39 is 35.4 Å². The van der Waals surface area contributed by atoms with Crippen LogP contribution in [0.3, 0.4) is 0 Å². The van der Waals surface area contributed by atoms with E-state index in [9.17, 15) is 14.4 Å². The number of H-pyrrole nitrogens is 1. The Kier molecular flexibility index (Phi) is 8.07. The maximum Gasteiger partial charge on any atom is 0.328 e. The third kappa shape index (κ3) is 6.45. The minimum absolute atomic E-state index is 0.191. The van der Waals surface area contributed by atoms with Crippen molar-refractivity contribution in [1.82, 2.24) is 15.6 Å². The van der Waals surface area contributed by atoms with Gasteiger partial charge in [-0.1, -0.05) is 48.5 Å². The highest BCUT2D eigenvalue weighted by Gasteiger charge is 2.31. The van der Waals surface area contributed by atoms with Crippen LogP contribution in [0.5, 0.6) is 0 Å². The Hall–Kier alpha value is -3.65. The first-order chi connectivity index (χ1) is 16.2. The Balaban J connectivity index is 1.85. The number of benzene rings is 2.